The second-order valence-electron chi connectivity index (χ2n) is 4.90. The summed E-state index contributed by atoms with van der Waals surface area (Å²) in [5, 5.41) is 5.31. The lowest BCUT2D eigenvalue weighted by molar-refractivity contribution is -0.122. The van der Waals surface area contributed by atoms with Crippen molar-refractivity contribution in [3.8, 4) is 5.75 Å². The van der Waals surface area contributed by atoms with Gasteiger partial charge in [-0.25, -0.2) is 4.79 Å². The summed E-state index contributed by atoms with van der Waals surface area (Å²) in [7, 11) is 1.29. The molecule has 24 heavy (non-hydrogen) atoms. The molecule has 0 bridgehead atoms. The van der Waals surface area contributed by atoms with E-state index in [0.29, 0.717) is 17.1 Å². The molecular weight excluding hydrogens is 376 g/mol. The quantitative estimate of drug-likeness (QED) is 0.804. The van der Waals surface area contributed by atoms with Crippen LogP contribution in [0.1, 0.15) is 6.92 Å². The van der Waals surface area contributed by atoms with E-state index in [9.17, 15) is 9.59 Å². The molecule has 0 saturated carbocycles. The summed E-state index contributed by atoms with van der Waals surface area (Å²) in [6.45, 7) is 1.66. The lowest BCUT2D eigenvalue weighted by Gasteiger charge is -2.15. The van der Waals surface area contributed by atoms with E-state index in [1.807, 2.05) is 12.1 Å². The van der Waals surface area contributed by atoms with Crippen LogP contribution in [0.5, 0.6) is 5.75 Å². The highest BCUT2D eigenvalue weighted by atomic mass is 79.9. The highest BCUT2D eigenvalue weighted by molar-refractivity contribution is 9.10. The van der Waals surface area contributed by atoms with Crippen molar-refractivity contribution in [1.82, 2.24) is 0 Å². The predicted octanol–water partition coefficient (Wildman–Crippen LogP) is 4.03. The van der Waals surface area contributed by atoms with Gasteiger partial charge in [-0.05, 0) is 55.5 Å². The zero-order valence-electron chi connectivity index (χ0n) is 13.2. The average Bonchev–Trinajstić information content (AvgIpc) is 2.58. The first kappa shape index (κ1) is 17.8. The molecule has 0 radical (unpaired) electrons. The first-order valence-electron chi connectivity index (χ1n) is 7.16. The molecule has 0 aliphatic rings. The minimum atomic E-state index is -0.673. The van der Waals surface area contributed by atoms with Gasteiger partial charge in [0.05, 0.1) is 7.11 Å². The second kappa shape index (κ2) is 8.35. The van der Waals surface area contributed by atoms with Crippen LogP contribution < -0.4 is 15.4 Å². The van der Waals surface area contributed by atoms with Crippen LogP contribution in [0.15, 0.2) is 53.0 Å². The number of ether oxygens (including phenoxy) is 2. The van der Waals surface area contributed by atoms with Crippen molar-refractivity contribution in [3.63, 3.8) is 0 Å². The van der Waals surface area contributed by atoms with E-state index in [0.717, 1.165) is 4.47 Å². The molecule has 0 fully saturated rings. The molecule has 7 heteroatoms. The summed E-state index contributed by atoms with van der Waals surface area (Å²) in [5.74, 6) is 0.262. The summed E-state index contributed by atoms with van der Waals surface area (Å²) < 4.78 is 11.0. The van der Waals surface area contributed by atoms with Crippen molar-refractivity contribution in [2.45, 2.75) is 13.0 Å². The molecule has 1 atom stereocenters. The number of hydrogen-bond donors (Lipinski definition) is 2. The van der Waals surface area contributed by atoms with Gasteiger partial charge in [0, 0.05) is 15.8 Å². The van der Waals surface area contributed by atoms with E-state index in [2.05, 4.69) is 31.3 Å². The summed E-state index contributed by atoms with van der Waals surface area (Å²) in [4.78, 5) is 23.2. The Morgan fingerprint density at radius 3 is 2.08 bits per heavy atom. The molecule has 0 spiro atoms. The van der Waals surface area contributed by atoms with Gasteiger partial charge in [-0.3, -0.25) is 10.1 Å². The normalized spacial score (nSPS) is 11.3. The van der Waals surface area contributed by atoms with Crippen molar-refractivity contribution in [3.05, 3.63) is 53.0 Å². The van der Waals surface area contributed by atoms with Crippen LogP contribution in [0.25, 0.3) is 0 Å². The van der Waals surface area contributed by atoms with Crippen LogP contribution in [0, 0.1) is 0 Å². The monoisotopic (exact) mass is 392 g/mol. The smallest absolute Gasteiger partial charge is 0.411 e. The van der Waals surface area contributed by atoms with Gasteiger partial charge < -0.3 is 14.8 Å². The number of halogens is 1. The van der Waals surface area contributed by atoms with Gasteiger partial charge in [-0.15, -0.1) is 0 Å². The summed E-state index contributed by atoms with van der Waals surface area (Å²) in [5.41, 5.74) is 1.26. The Morgan fingerprint density at radius 2 is 1.50 bits per heavy atom. The topological polar surface area (TPSA) is 76.7 Å². The fourth-order valence-corrected chi connectivity index (χ4v) is 2.08. The van der Waals surface area contributed by atoms with Gasteiger partial charge in [0.2, 0.25) is 0 Å². The lowest BCUT2D eigenvalue weighted by atomic mass is 10.3. The Labute approximate surface area is 148 Å². The summed E-state index contributed by atoms with van der Waals surface area (Å²) >= 11 is 3.34. The minimum absolute atomic E-state index is 0.255. The highest BCUT2D eigenvalue weighted by Gasteiger charge is 2.15. The van der Waals surface area contributed by atoms with Gasteiger partial charge in [-0.2, -0.15) is 0 Å². The van der Waals surface area contributed by atoms with E-state index in [-0.39, 0.29) is 5.91 Å². The van der Waals surface area contributed by atoms with Crippen molar-refractivity contribution in [1.29, 1.82) is 0 Å². The fourth-order valence-electron chi connectivity index (χ4n) is 1.82. The van der Waals surface area contributed by atoms with Crippen molar-refractivity contribution >= 4 is 39.3 Å². The first-order chi connectivity index (χ1) is 11.5. The minimum Gasteiger partial charge on any atom is -0.481 e. The first-order valence-corrected chi connectivity index (χ1v) is 7.95. The number of anilines is 2. The number of hydrogen-bond acceptors (Lipinski definition) is 4. The molecule has 126 valence electrons. The Kier molecular flexibility index (Phi) is 6.20. The fraction of sp³-hybridized carbons (Fsp3) is 0.176. The van der Waals surface area contributed by atoms with Crippen molar-refractivity contribution in [2.24, 2.45) is 0 Å². The van der Waals surface area contributed by atoms with E-state index in [1.165, 1.54) is 7.11 Å². The summed E-state index contributed by atoms with van der Waals surface area (Å²) in [6, 6.07) is 13.9. The van der Waals surface area contributed by atoms with Gasteiger partial charge in [0.1, 0.15) is 5.75 Å². The van der Waals surface area contributed by atoms with Gasteiger partial charge >= 0.3 is 6.09 Å². The van der Waals surface area contributed by atoms with Crippen LogP contribution >= 0.6 is 15.9 Å². The maximum Gasteiger partial charge on any atom is 0.411 e. The molecule has 0 aromatic heterocycles. The molecule has 0 saturated heterocycles. The summed E-state index contributed by atoms with van der Waals surface area (Å²) in [6.07, 6.45) is -1.22. The maximum absolute atomic E-state index is 12.1. The Hall–Kier alpha value is -2.54. The molecule has 2 N–H and O–H groups in total. The third-order valence-corrected chi connectivity index (χ3v) is 3.61. The number of carbonyl (C=O) groups is 2. The average molecular weight is 393 g/mol. The zero-order valence-corrected chi connectivity index (χ0v) is 14.8. The molecular formula is C17H17BrN2O4. The number of methoxy groups -OCH3 is 1. The number of rotatable bonds is 5. The van der Waals surface area contributed by atoms with Crippen LogP contribution in [-0.2, 0) is 9.53 Å². The van der Waals surface area contributed by atoms with E-state index >= 15 is 0 Å². The highest BCUT2D eigenvalue weighted by Crippen LogP contribution is 2.18. The molecule has 6 nitrogen and oxygen atoms in total. The van der Waals surface area contributed by atoms with Gasteiger partial charge in [0.25, 0.3) is 5.91 Å². The maximum atomic E-state index is 12.1. The zero-order chi connectivity index (χ0) is 17.5. The molecule has 2 aromatic carbocycles. The number of nitrogens with one attached hydrogen (secondary N) is 2. The predicted molar refractivity (Wildman–Crippen MR) is 95.3 cm³/mol. The number of amides is 2. The molecule has 2 rings (SSSR count). The van der Waals surface area contributed by atoms with Gasteiger partial charge in [0.15, 0.2) is 6.10 Å². The van der Waals surface area contributed by atoms with E-state index < -0.39 is 12.2 Å². The Morgan fingerprint density at radius 1 is 0.958 bits per heavy atom. The second-order valence-corrected chi connectivity index (χ2v) is 5.81. The molecule has 0 aliphatic carbocycles. The molecule has 0 heterocycles. The molecule has 0 aliphatic heterocycles. The Balaban J connectivity index is 1.91. The van der Waals surface area contributed by atoms with Crippen molar-refractivity contribution < 1.29 is 19.1 Å². The largest absolute Gasteiger partial charge is 0.481 e. The standard InChI is InChI=1S/C17H17BrN2O4/c1-11(16(21)19-13-5-3-12(18)4-6-13)24-15-9-7-14(8-10-15)20-17(22)23-2/h3-11H,1-2H3,(H,19,21)(H,20,22). The van der Waals surface area contributed by atoms with Crippen LogP contribution in [0.2, 0.25) is 0 Å². The van der Waals surface area contributed by atoms with Crippen LogP contribution in [-0.4, -0.2) is 25.2 Å². The molecule has 2 aromatic rings. The molecule has 2 amide bonds. The van der Waals surface area contributed by atoms with Crippen LogP contribution in [0.4, 0.5) is 16.2 Å². The third-order valence-electron chi connectivity index (χ3n) is 3.08. The lowest BCUT2D eigenvalue weighted by Crippen LogP contribution is -2.30. The number of benzene rings is 2. The van der Waals surface area contributed by atoms with Gasteiger partial charge in [-0.1, -0.05) is 15.9 Å². The molecule has 1 unspecified atom stereocenters. The Bertz CT molecular complexity index is 702. The third kappa shape index (κ3) is 5.27. The SMILES string of the molecule is COC(=O)Nc1ccc(OC(C)C(=O)Nc2ccc(Br)cc2)cc1. The van der Waals surface area contributed by atoms with E-state index in [4.69, 9.17) is 4.74 Å². The van der Waals surface area contributed by atoms with Crippen LogP contribution in [0.3, 0.4) is 0 Å². The number of carbonyl (C=O) groups excluding carboxylic acids is 2. The van der Waals surface area contributed by atoms with Crippen molar-refractivity contribution in [2.75, 3.05) is 17.7 Å². The van der Waals surface area contributed by atoms with E-state index in [1.54, 1.807) is 43.3 Å².